The van der Waals surface area contributed by atoms with Gasteiger partial charge in [0, 0.05) is 25.6 Å². The molecule has 116 valence electrons. The van der Waals surface area contributed by atoms with E-state index in [2.05, 4.69) is 17.6 Å². The Morgan fingerprint density at radius 3 is 2.43 bits per heavy atom. The van der Waals surface area contributed by atoms with E-state index in [-0.39, 0.29) is 11.8 Å². The molecule has 5 nitrogen and oxygen atoms in total. The van der Waals surface area contributed by atoms with Crippen LogP contribution < -0.4 is 16.4 Å². The van der Waals surface area contributed by atoms with Gasteiger partial charge in [0.05, 0.1) is 0 Å². The van der Waals surface area contributed by atoms with Crippen LogP contribution in [0.5, 0.6) is 0 Å². The fourth-order valence-corrected chi connectivity index (χ4v) is 2.01. The number of hydrogen-bond donors (Lipinski definition) is 3. The SMILES string of the molecule is CNC(=O)c1ccc(CNC(=O)CCC(C)CCN)cc1. The summed E-state index contributed by atoms with van der Waals surface area (Å²) in [5.41, 5.74) is 7.08. The van der Waals surface area contributed by atoms with E-state index in [1.165, 1.54) is 0 Å². The number of nitrogens with two attached hydrogens (primary N) is 1. The summed E-state index contributed by atoms with van der Waals surface area (Å²) in [5.74, 6) is 0.418. The lowest BCUT2D eigenvalue weighted by Gasteiger charge is -2.10. The van der Waals surface area contributed by atoms with E-state index in [4.69, 9.17) is 5.73 Å². The number of benzene rings is 1. The van der Waals surface area contributed by atoms with Crippen molar-refractivity contribution in [2.24, 2.45) is 11.7 Å². The van der Waals surface area contributed by atoms with Gasteiger partial charge in [0.1, 0.15) is 0 Å². The molecule has 1 atom stereocenters. The molecule has 1 aromatic rings. The molecule has 1 unspecified atom stereocenters. The first-order valence-corrected chi connectivity index (χ1v) is 7.34. The van der Waals surface area contributed by atoms with Crippen LogP contribution in [0.3, 0.4) is 0 Å². The molecule has 1 rings (SSSR count). The number of rotatable bonds is 8. The summed E-state index contributed by atoms with van der Waals surface area (Å²) in [6.07, 6.45) is 2.34. The van der Waals surface area contributed by atoms with Crippen LogP contribution in [0.15, 0.2) is 24.3 Å². The van der Waals surface area contributed by atoms with Crippen LogP contribution in [-0.2, 0) is 11.3 Å². The number of carbonyl (C=O) groups is 2. The van der Waals surface area contributed by atoms with Crippen LogP contribution in [0.4, 0.5) is 0 Å². The van der Waals surface area contributed by atoms with E-state index < -0.39 is 0 Å². The quantitative estimate of drug-likeness (QED) is 0.677. The monoisotopic (exact) mass is 291 g/mol. The van der Waals surface area contributed by atoms with E-state index in [1.807, 2.05) is 12.1 Å². The number of carbonyl (C=O) groups excluding carboxylic acids is 2. The van der Waals surface area contributed by atoms with Crippen molar-refractivity contribution in [1.82, 2.24) is 10.6 Å². The Bertz CT molecular complexity index is 457. The molecule has 0 fully saturated rings. The first-order valence-electron chi connectivity index (χ1n) is 7.34. The third-order valence-corrected chi connectivity index (χ3v) is 3.46. The summed E-state index contributed by atoms with van der Waals surface area (Å²) in [6.45, 7) is 3.26. The van der Waals surface area contributed by atoms with Gasteiger partial charge in [-0.05, 0) is 43.0 Å². The predicted molar refractivity (Wildman–Crippen MR) is 83.7 cm³/mol. The highest BCUT2D eigenvalue weighted by Gasteiger charge is 2.07. The van der Waals surface area contributed by atoms with Gasteiger partial charge >= 0.3 is 0 Å². The third-order valence-electron chi connectivity index (χ3n) is 3.46. The summed E-state index contributed by atoms with van der Waals surface area (Å²) in [4.78, 5) is 23.1. The number of amides is 2. The maximum Gasteiger partial charge on any atom is 0.251 e. The fourth-order valence-electron chi connectivity index (χ4n) is 2.01. The largest absolute Gasteiger partial charge is 0.355 e. The lowest BCUT2D eigenvalue weighted by Crippen LogP contribution is -2.23. The van der Waals surface area contributed by atoms with Crippen molar-refractivity contribution in [3.63, 3.8) is 0 Å². The molecule has 0 aliphatic carbocycles. The van der Waals surface area contributed by atoms with Crippen molar-refractivity contribution in [3.05, 3.63) is 35.4 Å². The summed E-state index contributed by atoms with van der Waals surface area (Å²) in [7, 11) is 1.60. The van der Waals surface area contributed by atoms with Crippen molar-refractivity contribution < 1.29 is 9.59 Å². The highest BCUT2D eigenvalue weighted by molar-refractivity contribution is 5.93. The topological polar surface area (TPSA) is 84.2 Å². The second-order valence-electron chi connectivity index (χ2n) is 5.27. The molecule has 0 radical (unpaired) electrons. The summed E-state index contributed by atoms with van der Waals surface area (Å²) < 4.78 is 0. The lowest BCUT2D eigenvalue weighted by molar-refractivity contribution is -0.121. The second kappa shape index (κ2) is 9.13. The molecule has 5 heteroatoms. The number of nitrogens with one attached hydrogen (secondary N) is 2. The highest BCUT2D eigenvalue weighted by Crippen LogP contribution is 2.09. The van der Waals surface area contributed by atoms with E-state index in [0.717, 1.165) is 18.4 Å². The zero-order valence-corrected chi connectivity index (χ0v) is 12.8. The molecule has 21 heavy (non-hydrogen) atoms. The summed E-state index contributed by atoms with van der Waals surface area (Å²) in [6, 6.07) is 7.21. The van der Waals surface area contributed by atoms with E-state index in [9.17, 15) is 9.59 Å². The van der Waals surface area contributed by atoms with Gasteiger partial charge < -0.3 is 16.4 Å². The number of hydrogen-bond acceptors (Lipinski definition) is 3. The minimum Gasteiger partial charge on any atom is -0.355 e. The molecule has 0 aliphatic heterocycles. The molecule has 0 bridgehead atoms. The molecule has 4 N–H and O–H groups in total. The Kier molecular flexibility index (Phi) is 7.46. The normalized spacial score (nSPS) is 11.8. The molecule has 0 aliphatic rings. The van der Waals surface area contributed by atoms with Crippen LogP contribution >= 0.6 is 0 Å². The van der Waals surface area contributed by atoms with E-state index in [1.54, 1.807) is 19.2 Å². The van der Waals surface area contributed by atoms with Crippen molar-refractivity contribution in [2.45, 2.75) is 32.7 Å². The van der Waals surface area contributed by atoms with Crippen LogP contribution in [0, 0.1) is 5.92 Å². The highest BCUT2D eigenvalue weighted by atomic mass is 16.2. The van der Waals surface area contributed by atoms with Gasteiger partial charge in [-0.3, -0.25) is 9.59 Å². The minimum atomic E-state index is -0.112. The molecule has 0 aromatic heterocycles. The van der Waals surface area contributed by atoms with Crippen molar-refractivity contribution in [2.75, 3.05) is 13.6 Å². The molecule has 1 aromatic carbocycles. The molecule has 0 heterocycles. The van der Waals surface area contributed by atoms with Crippen molar-refractivity contribution in [1.29, 1.82) is 0 Å². The second-order valence-corrected chi connectivity index (χ2v) is 5.27. The van der Waals surface area contributed by atoms with E-state index in [0.29, 0.717) is 31.0 Å². The van der Waals surface area contributed by atoms with Crippen LogP contribution in [0.2, 0.25) is 0 Å². The first-order chi connectivity index (χ1) is 10.1. The molecule has 2 amide bonds. The van der Waals surface area contributed by atoms with Gasteiger partial charge in [0.25, 0.3) is 5.91 Å². The molecular weight excluding hydrogens is 266 g/mol. The van der Waals surface area contributed by atoms with Crippen LogP contribution in [-0.4, -0.2) is 25.4 Å². The Morgan fingerprint density at radius 1 is 1.19 bits per heavy atom. The van der Waals surface area contributed by atoms with Gasteiger partial charge in [-0.1, -0.05) is 19.1 Å². The smallest absolute Gasteiger partial charge is 0.251 e. The summed E-state index contributed by atoms with van der Waals surface area (Å²) >= 11 is 0. The maximum atomic E-state index is 11.7. The Hall–Kier alpha value is -1.88. The first kappa shape index (κ1) is 17.2. The fraction of sp³-hybridized carbons (Fsp3) is 0.500. The van der Waals surface area contributed by atoms with Gasteiger partial charge in [0.15, 0.2) is 0 Å². The minimum absolute atomic E-state index is 0.0502. The van der Waals surface area contributed by atoms with Gasteiger partial charge in [-0.15, -0.1) is 0 Å². The Morgan fingerprint density at radius 2 is 1.86 bits per heavy atom. The lowest BCUT2D eigenvalue weighted by atomic mass is 10.0. The average molecular weight is 291 g/mol. The Labute approximate surface area is 126 Å². The van der Waals surface area contributed by atoms with Gasteiger partial charge in [-0.25, -0.2) is 0 Å². The molecular formula is C16H25N3O2. The average Bonchev–Trinajstić information content (AvgIpc) is 2.51. The van der Waals surface area contributed by atoms with Crippen molar-refractivity contribution in [3.8, 4) is 0 Å². The zero-order valence-electron chi connectivity index (χ0n) is 12.8. The third kappa shape index (κ3) is 6.40. The molecule has 0 spiro atoms. The van der Waals surface area contributed by atoms with E-state index >= 15 is 0 Å². The van der Waals surface area contributed by atoms with Crippen LogP contribution in [0.25, 0.3) is 0 Å². The zero-order chi connectivity index (χ0) is 15.7. The standard InChI is InChI=1S/C16H25N3O2/c1-12(9-10-17)3-8-15(20)19-11-13-4-6-14(7-5-13)16(21)18-2/h4-7,12H,3,8-11,17H2,1-2H3,(H,18,21)(H,19,20). The molecule has 0 saturated heterocycles. The maximum absolute atomic E-state index is 11.7. The summed E-state index contributed by atoms with van der Waals surface area (Å²) in [5, 5.41) is 5.46. The molecule has 0 saturated carbocycles. The predicted octanol–water partition coefficient (Wildman–Crippen LogP) is 1.43. The Balaban J connectivity index is 2.34. The van der Waals surface area contributed by atoms with Crippen molar-refractivity contribution >= 4 is 11.8 Å². The van der Waals surface area contributed by atoms with Gasteiger partial charge in [-0.2, -0.15) is 0 Å². The van der Waals surface area contributed by atoms with Gasteiger partial charge in [0.2, 0.25) is 5.91 Å². The van der Waals surface area contributed by atoms with Crippen LogP contribution in [0.1, 0.15) is 42.1 Å².